The van der Waals surface area contributed by atoms with Crippen molar-refractivity contribution in [3.63, 3.8) is 0 Å². The second-order valence-corrected chi connectivity index (χ2v) is 5.93. The van der Waals surface area contributed by atoms with Crippen molar-refractivity contribution in [3.8, 4) is 18.1 Å². The average Bonchev–Trinajstić information content (AvgIpc) is 2.43. The standard InChI is InChI=1S/C17H24N2O2/c1-6-11-18-16(20)13(2)21-15-9-7-14(8-10-15)12-19-17(3,4)5/h1,7-10,13,19H,11-12H2,2-5H3,(H,18,20). The number of hydrogen-bond acceptors (Lipinski definition) is 3. The minimum absolute atomic E-state index is 0.0821. The lowest BCUT2D eigenvalue weighted by Gasteiger charge is -2.20. The molecule has 0 saturated carbocycles. The number of nitrogens with one attached hydrogen (secondary N) is 2. The Kier molecular flexibility index (Phi) is 6.26. The summed E-state index contributed by atoms with van der Waals surface area (Å²) in [5.41, 5.74) is 1.25. The van der Waals surface area contributed by atoms with E-state index in [1.165, 1.54) is 5.56 Å². The van der Waals surface area contributed by atoms with Crippen molar-refractivity contribution in [3.05, 3.63) is 29.8 Å². The van der Waals surface area contributed by atoms with Gasteiger partial charge in [0.2, 0.25) is 0 Å². The van der Waals surface area contributed by atoms with Gasteiger partial charge in [-0.15, -0.1) is 6.42 Å². The molecule has 0 saturated heterocycles. The van der Waals surface area contributed by atoms with Crippen LogP contribution >= 0.6 is 0 Å². The molecule has 4 nitrogen and oxygen atoms in total. The predicted octanol–water partition coefficient (Wildman–Crippen LogP) is 2.09. The molecule has 0 heterocycles. The third kappa shape index (κ3) is 6.82. The summed E-state index contributed by atoms with van der Waals surface area (Å²) in [7, 11) is 0. The highest BCUT2D eigenvalue weighted by atomic mass is 16.5. The second kappa shape index (κ2) is 7.70. The molecule has 1 rings (SSSR count). The number of amides is 1. The van der Waals surface area contributed by atoms with Crippen LogP contribution in [0.25, 0.3) is 0 Å². The van der Waals surface area contributed by atoms with Crippen LogP contribution in [0.1, 0.15) is 33.3 Å². The molecule has 0 radical (unpaired) electrons. The normalized spacial score (nSPS) is 12.3. The lowest BCUT2D eigenvalue weighted by atomic mass is 10.1. The fourth-order valence-electron chi connectivity index (χ4n) is 1.59. The molecule has 0 aliphatic carbocycles. The summed E-state index contributed by atoms with van der Waals surface area (Å²) in [5, 5.41) is 6.01. The number of benzene rings is 1. The summed E-state index contributed by atoms with van der Waals surface area (Å²) in [6, 6.07) is 7.70. The molecule has 21 heavy (non-hydrogen) atoms. The molecule has 1 unspecified atom stereocenters. The van der Waals surface area contributed by atoms with Gasteiger partial charge in [-0.2, -0.15) is 0 Å². The highest BCUT2D eigenvalue weighted by Gasteiger charge is 2.13. The van der Waals surface area contributed by atoms with Crippen LogP contribution in [0.5, 0.6) is 5.75 Å². The van der Waals surface area contributed by atoms with E-state index in [0.29, 0.717) is 5.75 Å². The molecule has 0 aromatic heterocycles. The molecule has 1 amide bonds. The highest BCUT2D eigenvalue weighted by Crippen LogP contribution is 2.14. The number of hydrogen-bond donors (Lipinski definition) is 2. The molecule has 2 N–H and O–H groups in total. The van der Waals surface area contributed by atoms with E-state index in [1.807, 2.05) is 24.3 Å². The zero-order valence-corrected chi connectivity index (χ0v) is 13.2. The first-order valence-corrected chi connectivity index (χ1v) is 7.03. The lowest BCUT2D eigenvalue weighted by Crippen LogP contribution is -2.36. The van der Waals surface area contributed by atoms with Gasteiger partial charge >= 0.3 is 0 Å². The molecule has 1 aromatic rings. The molecule has 1 aromatic carbocycles. The zero-order chi connectivity index (χ0) is 15.9. The van der Waals surface area contributed by atoms with Crippen LogP contribution in [-0.2, 0) is 11.3 Å². The molecule has 0 fully saturated rings. The molecule has 0 spiro atoms. The van der Waals surface area contributed by atoms with Gasteiger partial charge in [-0.25, -0.2) is 0 Å². The summed E-state index contributed by atoms with van der Waals surface area (Å²) in [4.78, 5) is 11.6. The second-order valence-electron chi connectivity index (χ2n) is 5.93. The quantitative estimate of drug-likeness (QED) is 0.788. The Hall–Kier alpha value is -1.99. The van der Waals surface area contributed by atoms with Gasteiger partial charge in [0.15, 0.2) is 6.10 Å². The largest absolute Gasteiger partial charge is 0.481 e. The monoisotopic (exact) mass is 288 g/mol. The van der Waals surface area contributed by atoms with E-state index in [-0.39, 0.29) is 18.0 Å². The van der Waals surface area contributed by atoms with E-state index in [0.717, 1.165) is 6.54 Å². The third-order valence-corrected chi connectivity index (χ3v) is 2.79. The third-order valence-electron chi connectivity index (χ3n) is 2.79. The lowest BCUT2D eigenvalue weighted by molar-refractivity contribution is -0.126. The fraction of sp³-hybridized carbons (Fsp3) is 0.471. The zero-order valence-electron chi connectivity index (χ0n) is 13.2. The molecule has 1 atom stereocenters. The minimum atomic E-state index is -0.572. The smallest absolute Gasteiger partial charge is 0.261 e. The van der Waals surface area contributed by atoms with E-state index >= 15 is 0 Å². The van der Waals surface area contributed by atoms with Crippen LogP contribution in [0.2, 0.25) is 0 Å². The predicted molar refractivity (Wildman–Crippen MR) is 85.0 cm³/mol. The van der Waals surface area contributed by atoms with Crippen molar-refractivity contribution in [2.24, 2.45) is 0 Å². The summed E-state index contributed by atoms with van der Waals surface area (Å²) in [6.45, 7) is 9.08. The SMILES string of the molecule is C#CCNC(=O)C(C)Oc1ccc(CNC(C)(C)C)cc1. The summed E-state index contributed by atoms with van der Waals surface area (Å²) in [6.07, 6.45) is 4.52. The van der Waals surface area contributed by atoms with Crippen molar-refractivity contribution in [1.82, 2.24) is 10.6 Å². The Morgan fingerprint density at radius 3 is 2.48 bits per heavy atom. The Morgan fingerprint density at radius 2 is 1.95 bits per heavy atom. The van der Waals surface area contributed by atoms with Crippen molar-refractivity contribution in [2.75, 3.05) is 6.54 Å². The van der Waals surface area contributed by atoms with E-state index in [1.54, 1.807) is 6.92 Å². The number of rotatable bonds is 6. The number of carbonyl (C=O) groups excluding carboxylic acids is 1. The minimum Gasteiger partial charge on any atom is -0.481 e. The molecular weight excluding hydrogens is 264 g/mol. The van der Waals surface area contributed by atoms with Gasteiger partial charge in [0.1, 0.15) is 5.75 Å². The number of ether oxygens (including phenoxy) is 1. The molecule has 0 bridgehead atoms. The molecular formula is C17H24N2O2. The topological polar surface area (TPSA) is 50.4 Å². The fourth-order valence-corrected chi connectivity index (χ4v) is 1.59. The first kappa shape index (κ1) is 17.1. The van der Waals surface area contributed by atoms with Crippen molar-refractivity contribution < 1.29 is 9.53 Å². The Balaban J connectivity index is 2.51. The highest BCUT2D eigenvalue weighted by molar-refractivity contribution is 5.80. The summed E-state index contributed by atoms with van der Waals surface area (Å²) in [5.74, 6) is 2.80. The van der Waals surface area contributed by atoms with Crippen LogP contribution in [-0.4, -0.2) is 24.1 Å². The first-order chi connectivity index (χ1) is 9.81. The van der Waals surface area contributed by atoms with Gasteiger partial charge in [-0.05, 0) is 45.4 Å². The van der Waals surface area contributed by atoms with Crippen LogP contribution in [0.3, 0.4) is 0 Å². The summed E-state index contributed by atoms with van der Waals surface area (Å²) >= 11 is 0. The van der Waals surface area contributed by atoms with Crippen molar-refractivity contribution >= 4 is 5.91 Å². The Labute approximate surface area is 127 Å². The Morgan fingerprint density at radius 1 is 1.33 bits per heavy atom. The maximum absolute atomic E-state index is 11.6. The molecule has 4 heteroatoms. The van der Waals surface area contributed by atoms with Gasteiger partial charge < -0.3 is 15.4 Å². The maximum atomic E-state index is 11.6. The van der Waals surface area contributed by atoms with Crippen LogP contribution in [0.4, 0.5) is 0 Å². The van der Waals surface area contributed by atoms with Gasteiger partial charge in [0.25, 0.3) is 5.91 Å². The molecule has 0 aliphatic heterocycles. The van der Waals surface area contributed by atoms with Crippen LogP contribution < -0.4 is 15.4 Å². The van der Waals surface area contributed by atoms with E-state index in [9.17, 15) is 4.79 Å². The Bertz CT molecular complexity index is 495. The number of terminal acetylenes is 1. The molecule has 114 valence electrons. The van der Waals surface area contributed by atoms with Crippen molar-refractivity contribution in [1.29, 1.82) is 0 Å². The average molecular weight is 288 g/mol. The number of carbonyl (C=O) groups is 1. The van der Waals surface area contributed by atoms with E-state index in [4.69, 9.17) is 11.2 Å². The van der Waals surface area contributed by atoms with Crippen molar-refractivity contribution in [2.45, 2.75) is 45.9 Å². The molecule has 0 aliphatic rings. The first-order valence-electron chi connectivity index (χ1n) is 7.03. The van der Waals surface area contributed by atoms with E-state index < -0.39 is 6.10 Å². The van der Waals surface area contributed by atoms with Gasteiger partial charge in [-0.3, -0.25) is 4.79 Å². The maximum Gasteiger partial charge on any atom is 0.261 e. The summed E-state index contributed by atoms with van der Waals surface area (Å²) < 4.78 is 5.57. The van der Waals surface area contributed by atoms with E-state index in [2.05, 4.69) is 37.3 Å². The van der Waals surface area contributed by atoms with Gasteiger partial charge in [-0.1, -0.05) is 18.1 Å². The van der Waals surface area contributed by atoms with Gasteiger partial charge in [0, 0.05) is 12.1 Å². The van der Waals surface area contributed by atoms with Gasteiger partial charge in [0.05, 0.1) is 6.54 Å². The van der Waals surface area contributed by atoms with Crippen LogP contribution in [0, 0.1) is 12.3 Å². The van der Waals surface area contributed by atoms with Crippen LogP contribution in [0.15, 0.2) is 24.3 Å².